The zero-order valence-electron chi connectivity index (χ0n) is 10.3. The van der Waals surface area contributed by atoms with Crippen LogP contribution in [0.25, 0.3) is 11.1 Å². The fraction of sp³-hybridized carbons (Fsp3) is 0.0667. The van der Waals surface area contributed by atoms with Gasteiger partial charge in [0.25, 0.3) is 0 Å². The Hall–Kier alpha value is -2.20. The first-order chi connectivity index (χ1) is 9.31. The van der Waals surface area contributed by atoms with E-state index in [1.54, 1.807) is 12.4 Å². The Morgan fingerprint density at radius 2 is 1.63 bits per heavy atom. The summed E-state index contributed by atoms with van der Waals surface area (Å²) >= 11 is 1.48. The summed E-state index contributed by atoms with van der Waals surface area (Å²) in [7, 11) is 0. The summed E-state index contributed by atoms with van der Waals surface area (Å²) in [6.45, 7) is 0. The quantitative estimate of drug-likeness (QED) is 0.791. The van der Waals surface area contributed by atoms with Gasteiger partial charge < -0.3 is 5.73 Å². The Morgan fingerprint density at radius 3 is 2.26 bits per heavy atom. The molecule has 94 valence electrons. The van der Waals surface area contributed by atoms with Crippen LogP contribution in [0.15, 0.2) is 54.2 Å². The lowest BCUT2D eigenvalue weighted by Gasteiger charge is -2.03. The Morgan fingerprint density at radius 1 is 0.947 bits per heavy atom. The number of pyridine rings is 1. The summed E-state index contributed by atoms with van der Waals surface area (Å²) in [4.78, 5) is 8.30. The molecule has 2 N–H and O–H groups in total. The number of nitrogens with zero attached hydrogens (tertiary/aromatic N) is 2. The number of hydrogen-bond donors (Lipinski definition) is 1. The maximum atomic E-state index is 5.63. The molecule has 0 saturated carbocycles. The van der Waals surface area contributed by atoms with Crippen LogP contribution in [-0.2, 0) is 6.42 Å². The SMILES string of the molecule is Nc1nc(Cc2ccc(-c3ccncc3)cc2)cs1. The van der Waals surface area contributed by atoms with Gasteiger partial charge in [0, 0.05) is 24.2 Å². The molecule has 0 saturated heterocycles. The highest BCUT2D eigenvalue weighted by atomic mass is 32.1. The fourth-order valence-corrected chi connectivity index (χ4v) is 2.54. The largest absolute Gasteiger partial charge is 0.375 e. The highest BCUT2D eigenvalue weighted by Crippen LogP contribution is 2.20. The molecule has 3 aromatic rings. The van der Waals surface area contributed by atoms with Crippen molar-refractivity contribution in [2.45, 2.75) is 6.42 Å². The summed E-state index contributed by atoms with van der Waals surface area (Å²) in [6, 6.07) is 12.5. The van der Waals surface area contributed by atoms with Crippen molar-refractivity contribution >= 4 is 16.5 Å². The second kappa shape index (κ2) is 5.20. The highest BCUT2D eigenvalue weighted by molar-refractivity contribution is 7.13. The molecule has 0 aliphatic rings. The summed E-state index contributed by atoms with van der Waals surface area (Å²) in [5.74, 6) is 0. The van der Waals surface area contributed by atoms with Crippen molar-refractivity contribution in [1.82, 2.24) is 9.97 Å². The van der Waals surface area contributed by atoms with Crippen molar-refractivity contribution in [2.75, 3.05) is 5.73 Å². The van der Waals surface area contributed by atoms with E-state index in [4.69, 9.17) is 5.73 Å². The van der Waals surface area contributed by atoms with Crippen LogP contribution in [0.4, 0.5) is 5.13 Å². The minimum Gasteiger partial charge on any atom is -0.375 e. The lowest BCUT2D eigenvalue weighted by Crippen LogP contribution is -1.90. The van der Waals surface area contributed by atoms with Gasteiger partial charge in [-0.2, -0.15) is 0 Å². The van der Waals surface area contributed by atoms with Crippen molar-refractivity contribution in [3.63, 3.8) is 0 Å². The van der Waals surface area contributed by atoms with Crippen LogP contribution in [0.2, 0.25) is 0 Å². The molecular weight excluding hydrogens is 254 g/mol. The Balaban J connectivity index is 1.79. The van der Waals surface area contributed by atoms with E-state index in [1.165, 1.54) is 28.0 Å². The molecule has 0 amide bonds. The van der Waals surface area contributed by atoms with Gasteiger partial charge in [-0.3, -0.25) is 4.98 Å². The van der Waals surface area contributed by atoms with Crippen LogP contribution in [0, 0.1) is 0 Å². The van der Waals surface area contributed by atoms with Crippen molar-refractivity contribution < 1.29 is 0 Å². The number of aromatic nitrogens is 2. The van der Waals surface area contributed by atoms with Crippen molar-refractivity contribution in [3.05, 3.63) is 65.4 Å². The lowest BCUT2D eigenvalue weighted by atomic mass is 10.0. The highest BCUT2D eigenvalue weighted by Gasteiger charge is 2.02. The third-order valence-corrected chi connectivity index (χ3v) is 3.65. The maximum Gasteiger partial charge on any atom is 0.180 e. The van der Waals surface area contributed by atoms with E-state index in [-0.39, 0.29) is 0 Å². The van der Waals surface area contributed by atoms with E-state index in [1.807, 2.05) is 17.5 Å². The number of rotatable bonds is 3. The molecule has 0 aliphatic carbocycles. The van der Waals surface area contributed by atoms with Gasteiger partial charge in [0.05, 0.1) is 5.69 Å². The molecule has 4 heteroatoms. The normalized spacial score (nSPS) is 10.5. The third kappa shape index (κ3) is 2.80. The summed E-state index contributed by atoms with van der Waals surface area (Å²) in [5, 5.41) is 2.63. The van der Waals surface area contributed by atoms with E-state index >= 15 is 0 Å². The molecule has 0 unspecified atom stereocenters. The summed E-state index contributed by atoms with van der Waals surface area (Å²) < 4.78 is 0. The predicted molar refractivity (Wildman–Crippen MR) is 79.0 cm³/mol. The topological polar surface area (TPSA) is 51.8 Å². The number of nitrogen functional groups attached to an aromatic ring is 1. The van der Waals surface area contributed by atoms with Gasteiger partial charge in [0.1, 0.15) is 0 Å². The lowest BCUT2D eigenvalue weighted by molar-refractivity contribution is 1.11. The van der Waals surface area contributed by atoms with Crippen molar-refractivity contribution in [1.29, 1.82) is 0 Å². The number of nitrogens with two attached hydrogens (primary N) is 1. The van der Waals surface area contributed by atoms with Gasteiger partial charge in [-0.1, -0.05) is 24.3 Å². The first kappa shape index (κ1) is 11.9. The van der Waals surface area contributed by atoms with E-state index in [2.05, 4.69) is 34.2 Å². The average molecular weight is 267 g/mol. The summed E-state index contributed by atoms with van der Waals surface area (Å²) in [5.41, 5.74) is 10.3. The van der Waals surface area contributed by atoms with Gasteiger partial charge in [-0.15, -0.1) is 11.3 Å². The van der Waals surface area contributed by atoms with Gasteiger partial charge in [0.2, 0.25) is 0 Å². The maximum absolute atomic E-state index is 5.63. The zero-order valence-corrected chi connectivity index (χ0v) is 11.1. The van der Waals surface area contributed by atoms with Crippen molar-refractivity contribution in [3.8, 4) is 11.1 Å². The Kier molecular flexibility index (Phi) is 3.25. The standard InChI is InChI=1S/C15H13N3S/c16-15-18-14(10-19-15)9-11-1-3-12(4-2-11)13-5-7-17-8-6-13/h1-8,10H,9H2,(H2,16,18). The molecule has 19 heavy (non-hydrogen) atoms. The zero-order chi connectivity index (χ0) is 13.1. The van der Waals surface area contributed by atoms with Crippen LogP contribution in [0.3, 0.4) is 0 Å². The molecule has 3 nitrogen and oxygen atoms in total. The fourth-order valence-electron chi connectivity index (χ4n) is 1.97. The van der Waals surface area contributed by atoms with Gasteiger partial charge >= 0.3 is 0 Å². The van der Waals surface area contributed by atoms with Crippen LogP contribution in [0.5, 0.6) is 0 Å². The first-order valence-electron chi connectivity index (χ1n) is 6.00. The minimum absolute atomic E-state index is 0.628. The molecule has 3 rings (SSSR count). The predicted octanol–water partition coefficient (Wildman–Crippen LogP) is 3.38. The van der Waals surface area contributed by atoms with E-state index in [0.717, 1.165) is 12.1 Å². The molecule has 0 bridgehead atoms. The van der Waals surface area contributed by atoms with E-state index < -0.39 is 0 Å². The first-order valence-corrected chi connectivity index (χ1v) is 6.88. The second-order valence-electron chi connectivity index (χ2n) is 4.29. The van der Waals surface area contributed by atoms with Crippen LogP contribution in [-0.4, -0.2) is 9.97 Å². The number of anilines is 1. The second-order valence-corrected chi connectivity index (χ2v) is 5.18. The van der Waals surface area contributed by atoms with Crippen molar-refractivity contribution in [2.24, 2.45) is 0 Å². The summed E-state index contributed by atoms with van der Waals surface area (Å²) in [6.07, 6.45) is 4.44. The van der Waals surface area contributed by atoms with Crippen LogP contribution in [0.1, 0.15) is 11.3 Å². The van der Waals surface area contributed by atoms with Crippen LogP contribution < -0.4 is 5.73 Å². The smallest absolute Gasteiger partial charge is 0.180 e. The molecular formula is C15H13N3S. The van der Waals surface area contributed by atoms with Gasteiger partial charge in [0.15, 0.2) is 5.13 Å². The number of thiazole rings is 1. The van der Waals surface area contributed by atoms with E-state index in [9.17, 15) is 0 Å². The molecule has 1 aromatic carbocycles. The molecule has 2 heterocycles. The molecule has 0 aliphatic heterocycles. The van der Waals surface area contributed by atoms with Gasteiger partial charge in [-0.05, 0) is 28.8 Å². The Labute approximate surface area is 115 Å². The Bertz CT molecular complexity index is 659. The van der Waals surface area contributed by atoms with Crippen LogP contribution >= 0.6 is 11.3 Å². The monoisotopic (exact) mass is 267 g/mol. The number of hydrogen-bond acceptors (Lipinski definition) is 4. The third-order valence-electron chi connectivity index (χ3n) is 2.92. The van der Waals surface area contributed by atoms with E-state index in [0.29, 0.717) is 5.13 Å². The molecule has 0 fully saturated rings. The minimum atomic E-state index is 0.628. The molecule has 0 spiro atoms. The molecule has 2 aromatic heterocycles. The molecule has 0 radical (unpaired) electrons. The van der Waals surface area contributed by atoms with Gasteiger partial charge in [-0.25, -0.2) is 4.98 Å². The average Bonchev–Trinajstić information content (AvgIpc) is 2.86. The number of benzene rings is 1. The molecule has 0 atom stereocenters.